The molecule has 1 heterocycles. The lowest BCUT2D eigenvalue weighted by atomic mass is 10.1. The molecule has 1 aromatic heterocycles. The second kappa shape index (κ2) is 9.78. The highest BCUT2D eigenvalue weighted by Gasteiger charge is 2.21. The molecule has 7 nitrogen and oxygen atoms in total. The Morgan fingerprint density at radius 3 is 2.28 bits per heavy atom. The van der Waals surface area contributed by atoms with E-state index in [1.54, 1.807) is 18.9 Å². The molecule has 0 saturated heterocycles. The van der Waals surface area contributed by atoms with Crippen molar-refractivity contribution in [3.63, 3.8) is 0 Å². The minimum Gasteiger partial charge on any atom is -0.493 e. The predicted octanol–water partition coefficient (Wildman–Crippen LogP) is 3.92. The largest absolute Gasteiger partial charge is 0.493 e. The quantitative estimate of drug-likeness (QED) is 0.460. The Kier molecular flexibility index (Phi) is 6.46. The first-order chi connectivity index (χ1) is 15.7. The van der Waals surface area contributed by atoms with Gasteiger partial charge in [-0.1, -0.05) is 59.8 Å². The first-order valence-corrected chi connectivity index (χ1v) is 10.3. The van der Waals surface area contributed by atoms with Gasteiger partial charge in [0.1, 0.15) is 5.69 Å². The van der Waals surface area contributed by atoms with Crippen molar-refractivity contribution in [1.29, 1.82) is 0 Å². The summed E-state index contributed by atoms with van der Waals surface area (Å²) < 4.78 is 12.3. The fourth-order valence-corrected chi connectivity index (χ4v) is 3.48. The van der Waals surface area contributed by atoms with Gasteiger partial charge >= 0.3 is 0 Å². The zero-order valence-electron chi connectivity index (χ0n) is 18.0. The van der Waals surface area contributed by atoms with E-state index in [1.807, 2.05) is 78.9 Å². The highest BCUT2D eigenvalue weighted by molar-refractivity contribution is 5.98. The SMILES string of the molecule is COc1ccc(CCNC(=O)c2nnn(-c3ccccc3)c2-c2ccccc2)cc1OC. The summed E-state index contributed by atoms with van der Waals surface area (Å²) in [5.41, 5.74) is 3.67. The first kappa shape index (κ1) is 21.1. The van der Waals surface area contributed by atoms with Crippen LogP contribution in [0.2, 0.25) is 0 Å². The van der Waals surface area contributed by atoms with Crippen molar-refractivity contribution < 1.29 is 14.3 Å². The van der Waals surface area contributed by atoms with Crippen molar-refractivity contribution in [3.05, 3.63) is 90.1 Å². The Balaban J connectivity index is 1.55. The van der Waals surface area contributed by atoms with Crippen molar-refractivity contribution in [2.45, 2.75) is 6.42 Å². The fraction of sp³-hybridized carbons (Fsp3) is 0.160. The standard InChI is InChI=1S/C25H24N4O3/c1-31-21-14-13-18(17-22(21)32-2)15-16-26-25(30)23-24(19-9-5-3-6-10-19)29(28-27-23)20-11-7-4-8-12-20/h3-14,17H,15-16H2,1-2H3,(H,26,30). The Hall–Kier alpha value is -4.13. The van der Waals surface area contributed by atoms with Crippen molar-refractivity contribution in [3.8, 4) is 28.4 Å². The number of carbonyl (C=O) groups excluding carboxylic acids is 1. The summed E-state index contributed by atoms with van der Waals surface area (Å²) in [4.78, 5) is 13.0. The number of benzene rings is 3. The van der Waals surface area contributed by atoms with Gasteiger partial charge in [0.05, 0.1) is 19.9 Å². The van der Waals surface area contributed by atoms with Gasteiger partial charge < -0.3 is 14.8 Å². The second-order valence-electron chi connectivity index (χ2n) is 7.10. The van der Waals surface area contributed by atoms with Crippen LogP contribution < -0.4 is 14.8 Å². The van der Waals surface area contributed by atoms with Crippen molar-refractivity contribution >= 4 is 5.91 Å². The normalized spacial score (nSPS) is 10.6. The van der Waals surface area contributed by atoms with E-state index in [-0.39, 0.29) is 11.6 Å². The number of nitrogens with one attached hydrogen (secondary N) is 1. The van der Waals surface area contributed by atoms with Gasteiger partial charge in [0.25, 0.3) is 5.91 Å². The molecule has 1 N–H and O–H groups in total. The molecule has 0 spiro atoms. The summed E-state index contributed by atoms with van der Waals surface area (Å²) in [5.74, 6) is 1.06. The topological polar surface area (TPSA) is 78.3 Å². The number of methoxy groups -OCH3 is 2. The van der Waals surface area contributed by atoms with Gasteiger partial charge in [0.2, 0.25) is 0 Å². The lowest BCUT2D eigenvalue weighted by Gasteiger charge is -2.10. The Morgan fingerprint density at radius 2 is 1.59 bits per heavy atom. The molecule has 7 heteroatoms. The monoisotopic (exact) mass is 428 g/mol. The predicted molar refractivity (Wildman–Crippen MR) is 122 cm³/mol. The van der Waals surface area contributed by atoms with E-state index in [4.69, 9.17) is 9.47 Å². The van der Waals surface area contributed by atoms with Crippen molar-refractivity contribution in [1.82, 2.24) is 20.3 Å². The molecule has 0 aliphatic rings. The highest BCUT2D eigenvalue weighted by atomic mass is 16.5. The zero-order valence-corrected chi connectivity index (χ0v) is 18.0. The van der Waals surface area contributed by atoms with E-state index in [9.17, 15) is 4.79 Å². The van der Waals surface area contributed by atoms with Crippen LogP contribution in [0.4, 0.5) is 0 Å². The average molecular weight is 428 g/mol. The van der Waals surface area contributed by atoms with E-state index < -0.39 is 0 Å². The molecule has 0 unspecified atom stereocenters. The van der Waals surface area contributed by atoms with Gasteiger partial charge in [-0.3, -0.25) is 4.79 Å². The molecule has 0 aliphatic carbocycles. The Morgan fingerprint density at radius 1 is 0.906 bits per heavy atom. The van der Waals surface area contributed by atoms with Gasteiger partial charge in [0, 0.05) is 12.1 Å². The number of aromatic nitrogens is 3. The van der Waals surface area contributed by atoms with Crippen molar-refractivity contribution in [2.24, 2.45) is 0 Å². The molecule has 4 aromatic rings. The van der Waals surface area contributed by atoms with Crippen LogP contribution >= 0.6 is 0 Å². The van der Waals surface area contributed by atoms with Gasteiger partial charge in [-0.05, 0) is 36.2 Å². The number of carbonyl (C=O) groups is 1. The minimum atomic E-state index is -0.272. The van der Waals surface area contributed by atoms with Gasteiger partial charge in [0.15, 0.2) is 17.2 Å². The molecule has 32 heavy (non-hydrogen) atoms. The maximum Gasteiger partial charge on any atom is 0.274 e. The average Bonchev–Trinajstić information content (AvgIpc) is 3.30. The molecular formula is C25H24N4O3. The van der Waals surface area contributed by atoms with Crippen LogP contribution in [-0.2, 0) is 6.42 Å². The van der Waals surface area contributed by atoms with E-state index in [0.29, 0.717) is 30.2 Å². The lowest BCUT2D eigenvalue weighted by molar-refractivity contribution is 0.0949. The summed E-state index contributed by atoms with van der Waals surface area (Å²) >= 11 is 0. The lowest BCUT2D eigenvalue weighted by Crippen LogP contribution is -2.26. The van der Waals surface area contributed by atoms with Crippen molar-refractivity contribution in [2.75, 3.05) is 20.8 Å². The Bertz CT molecular complexity index is 1190. The summed E-state index contributed by atoms with van der Waals surface area (Å²) in [7, 11) is 3.20. The number of rotatable bonds is 8. The number of hydrogen-bond acceptors (Lipinski definition) is 5. The third-order valence-corrected chi connectivity index (χ3v) is 5.08. The summed E-state index contributed by atoms with van der Waals surface area (Å²) in [6.07, 6.45) is 0.638. The van der Waals surface area contributed by atoms with E-state index in [1.165, 1.54) is 0 Å². The van der Waals surface area contributed by atoms with E-state index in [0.717, 1.165) is 16.8 Å². The van der Waals surface area contributed by atoms with Crippen LogP contribution in [0.15, 0.2) is 78.9 Å². The summed E-state index contributed by atoms with van der Waals surface area (Å²) in [6.45, 7) is 0.445. The minimum absolute atomic E-state index is 0.272. The summed E-state index contributed by atoms with van der Waals surface area (Å²) in [6, 6.07) is 25.0. The molecule has 0 radical (unpaired) electrons. The van der Waals surface area contributed by atoms with Crippen LogP contribution in [0.1, 0.15) is 16.1 Å². The van der Waals surface area contributed by atoms with E-state index in [2.05, 4.69) is 15.6 Å². The van der Waals surface area contributed by atoms with Gasteiger partial charge in [-0.2, -0.15) is 0 Å². The van der Waals surface area contributed by atoms with Gasteiger partial charge in [-0.15, -0.1) is 5.10 Å². The molecule has 3 aromatic carbocycles. The molecule has 1 amide bonds. The number of amides is 1. The zero-order chi connectivity index (χ0) is 22.3. The molecule has 0 saturated carbocycles. The van der Waals surface area contributed by atoms with Crippen LogP contribution in [0.25, 0.3) is 16.9 Å². The molecule has 4 rings (SSSR count). The van der Waals surface area contributed by atoms with Crippen LogP contribution in [0.5, 0.6) is 11.5 Å². The Labute approximate surface area is 186 Å². The molecule has 0 aliphatic heterocycles. The van der Waals surface area contributed by atoms with Crippen LogP contribution in [0, 0.1) is 0 Å². The highest BCUT2D eigenvalue weighted by Crippen LogP contribution is 2.28. The number of para-hydroxylation sites is 1. The smallest absolute Gasteiger partial charge is 0.274 e. The number of ether oxygens (including phenoxy) is 2. The van der Waals surface area contributed by atoms with Crippen LogP contribution in [0.3, 0.4) is 0 Å². The molecule has 0 atom stereocenters. The number of hydrogen-bond donors (Lipinski definition) is 1. The molecule has 0 bridgehead atoms. The maximum absolute atomic E-state index is 13.0. The third kappa shape index (κ3) is 4.46. The third-order valence-electron chi connectivity index (χ3n) is 5.08. The van der Waals surface area contributed by atoms with Crippen LogP contribution in [-0.4, -0.2) is 41.7 Å². The molecular weight excluding hydrogens is 404 g/mol. The van der Waals surface area contributed by atoms with E-state index >= 15 is 0 Å². The summed E-state index contributed by atoms with van der Waals surface area (Å²) in [5, 5.41) is 11.4. The fourth-order valence-electron chi connectivity index (χ4n) is 3.48. The van der Waals surface area contributed by atoms with Gasteiger partial charge in [-0.25, -0.2) is 4.68 Å². The molecule has 0 fully saturated rings. The maximum atomic E-state index is 13.0. The second-order valence-corrected chi connectivity index (χ2v) is 7.10. The number of nitrogens with zero attached hydrogens (tertiary/aromatic N) is 3. The molecule has 162 valence electrons. The first-order valence-electron chi connectivity index (χ1n) is 10.3.